The molecule has 11 heavy (non-hydrogen) atoms. The van der Waals surface area contributed by atoms with Crippen molar-refractivity contribution in [2.75, 3.05) is 0 Å². The lowest BCUT2D eigenvalue weighted by atomic mass is 10.2. The van der Waals surface area contributed by atoms with E-state index >= 15 is 0 Å². The lowest BCUT2D eigenvalue weighted by Crippen LogP contribution is -1.83. The van der Waals surface area contributed by atoms with Crippen molar-refractivity contribution in [1.82, 2.24) is 0 Å². The zero-order valence-electron chi connectivity index (χ0n) is 7.34. The second kappa shape index (κ2) is 7.26. The Balaban J connectivity index is 3.59. The first-order chi connectivity index (χ1) is 5.31. The highest BCUT2D eigenvalue weighted by Gasteiger charge is 1.84. The average molecular weight is 152 g/mol. The van der Waals surface area contributed by atoms with Gasteiger partial charge in [0.05, 0.1) is 0 Å². The molecule has 0 bridgehead atoms. The van der Waals surface area contributed by atoms with Gasteiger partial charge in [0, 0.05) is 0 Å². The second-order valence-corrected chi connectivity index (χ2v) is 2.40. The van der Waals surface area contributed by atoms with Gasteiger partial charge in [-0.1, -0.05) is 32.4 Å². The molecule has 1 heteroatoms. The SMILES string of the molecule is CC/C=C/C(=O)/C=C/CCC. The molecule has 62 valence electrons. The highest BCUT2D eigenvalue weighted by atomic mass is 16.1. The number of hydrogen-bond acceptors (Lipinski definition) is 1. The predicted octanol–water partition coefficient (Wildman–Crippen LogP) is 2.88. The summed E-state index contributed by atoms with van der Waals surface area (Å²) in [6.45, 7) is 4.11. The molecule has 0 radical (unpaired) electrons. The molecule has 0 N–H and O–H groups in total. The van der Waals surface area contributed by atoms with Crippen molar-refractivity contribution in [3.63, 3.8) is 0 Å². The largest absolute Gasteiger partial charge is 0.290 e. The highest BCUT2D eigenvalue weighted by molar-refractivity contribution is 5.99. The summed E-state index contributed by atoms with van der Waals surface area (Å²) < 4.78 is 0. The maximum Gasteiger partial charge on any atom is 0.177 e. The Bertz CT molecular complexity index is 154. The van der Waals surface area contributed by atoms with Crippen molar-refractivity contribution >= 4 is 5.78 Å². The smallest absolute Gasteiger partial charge is 0.177 e. The first-order valence-corrected chi connectivity index (χ1v) is 4.18. The third kappa shape index (κ3) is 7.04. The van der Waals surface area contributed by atoms with Crippen LogP contribution in [-0.4, -0.2) is 5.78 Å². The van der Waals surface area contributed by atoms with Crippen molar-refractivity contribution in [2.24, 2.45) is 0 Å². The van der Waals surface area contributed by atoms with Crippen LogP contribution in [0.3, 0.4) is 0 Å². The van der Waals surface area contributed by atoms with Crippen LogP contribution in [0.1, 0.15) is 33.1 Å². The van der Waals surface area contributed by atoms with E-state index in [-0.39, 0.29) is 5.78 Å². The third-order valence-corrected chi connectivity index (χ3v) is 1.26. The lowest BCUT2D eigenvalue weighted by molar-refractivity contribution is -0.110. The van der Waals surface area contributed by atoms with Crippen molar-refractivity contribution < 1.29 is 4.79 Å². The van der Waals surface area contributed by atoms with E-state index in [2.05, 4.69) is 6.92 Å². The van der Waals surface area contributed by atoms with Crippen LogP contribution in [0.15, 0.2) is 24.3 Å². The summed E-state index contributed by atoms with van der Waals surface area (Å²) in [6, 6.07) is 0. The van der Waals surface area contributed by atoms with Gasteiger partial charge in [0.2, 0.25) is 0 Å². The predicted molar refractivity (Wildman–Crippen MR) is 48.5 cm³/mol. The van der Waals surface area contributed by atoms with Gasteiger partial charge in [-0.2, -0.15) is 0 Å². The zero-order chi connectivity index (χ0) is 8.53. The van der Waals surface area contributed by atoms with E-state index < -0.39 is 0 Å². The van der Waals surface area contributed by atoms with Gasteiger partial charge in [0.1, 0.15) is 0 Å². The molecule has 0 saturated heterocycles. The van der Waals surface area contributed by atoms with Gasteiger partial charge in [-0.15, -0.1) is 0 Å². The molecule has 0 atom stereocenters. The van der Waals surface area contributed by atoms with Crippen molar-refractivity contribution in [3.05, 3.63) is 24.3 Å². The first-order valence-electron chi connectivity index (χ1n) is 4.18. The maximum absolute atomic E-state index is 10.9. The standard InChI is InChI=1S/C10H16O/c1-3-5-7-9-10(11)8-6-4-2/h6-9H,3-5H2,1-2H3/b8-6+,9-7+. The van der Waals surface area contributed by atoms with Crippen LogP contribution < -0.4 is 0 Å². The van der Waals surface area contributed by atoms with Gasteiger partial charge in [0.15, 0.2) is 5.78 Å². The molecule has 0 aromatic rings. The van der Waals surface area contributed by atoms with Crippen LogP contribution in [-0.2, 0) is 4.79 Å². The number of carbonyl (C=O) groups is 1. The summed E-state index contributed by atoms with van der Waals surface area (Å²) in [5.74, 6) is 0.0975. The van der Waals surface area contributed by atoms with E-state index in [1.165, 1.54) is 0 Å². The molecule has 0 aromatic carbocycles. The summed E-state index contributed by atoms with van der Waals surface area (Å²) in [6.07, 6.45) is 10.1. The molecule has 0 heterocycles. The van der Waals surface area contributed by atoms with E-state index in [9.17, 15) is 4.79 Å². The number of rotatable bonds is 5. The van der Waals surface area contributed by atoms with E-state index in [4.69, 9.17) is 0 Å². The molecule has 0 aliphatic rings. The monoisotopic (exact) mass is 152 g/mol. The molecular weight excluding hydrogens is 136 g/mol. The van der Waals surface area contributed by atoms with Crippen LogP contribution in [0.25, 0.3) is 0 Å². The summed E-state index contributed by atoms with van der Waals surface area (Å²) in [5.41, 5.74) is 0. The van der Waals surface area contributed by atoms with Gasteiger partial charge >= 0.3 is 0 Å². The van der Waals surface area contributed by atoms with E-state index in [0.29, 0.717) is 0 Å². The topological polar surface area (TPSA) is 17.1 Å². The fraction of sp³-hybridized carbons (Fsp3) is 0.500. The Morgan fingerprint density at radius 2 is 1.82 bits per heavy atom. The molecule has 0 aromatic heterocycles. The van der Waals surface area contributed by atoms with Crippen LogP contribution in [0.4, 0.5) is 0 Å². The highest BCUT2D eigenvalue weighted by Crippen LogP contribution is 1.90. The first kappa shape index (κ1) is 10.2. The fourth-order valence-electron chi connectivity index (χ4n) is 0.656. The normalized spacial score (nSPS) is 11.5. The summed E-state index contributed by atoms with van der Waals surface area (Å²) in [4.78, 5) is 10.9. The number of carbonyl (C=O) groups excluding carboxylic acids is 1. The van der Waals surface area contributed by atoms with Crippen LogP contribution in [0.5, 0.6) is 0 Å². The van der Waals surface area contributed by atoms with Crippen molar-refractivity contribution in [3.8, 4) is 0 Å². The van der Waals surface area contributed by atoms with Gasteiger partial charge in [0.25, 0.3) is 0 Å². The summed E-state index contributed by atoms with van der Waals surface area (Å²) >= 11 is 0. The molecule has 0 spiro atoms. The van der Waals surface area contributed by atoms with Gasteiger partial charge < -0.3 is 0 Å². The molecule has 0 rings (SSSR count). The minimum Gasteiger partial charge on any atom is -0.290 e. The lowest BCUT2D eigenvalue weighted by Gasteiger charge is -1.83. The Labute approximate surface area is 68.8 Å². The number of unbranched alkanes of at least 4 members (excludes halogenated alkanes) is 1. The number of allylic oxidation sites excluding steroid dienone is 4. The second-order valence-electron chi connectivity index (χ2n) is 2.40. The molecule has 1 nitrogen and oxygen atoms in total. The summed E-state index contributed by atoms with van der Waals surface area (Å²) in [5, 5.41) is 0. The Kier molecular flexibility index (Phi) is 6.70. The van der Waals surface area contributed by atoms with Crippen LogP contribution in [0.2, 0.25) is 0 Å². The van der Waals surface area contributed by atoms with Crippen LogP contribution >= 0.6 is 0 Å². The minimum atomic E-state index is 0.0975. The number of ketones is 1. The van der Waals surface area contributed by atoms with E-state index in [1.807, 2.05) is 19.1 Å². The average Bonchev–Trinajstić information content (AvgIpc) is 2.01. The van der Waals surface area contributed by atoms with Gasteiger partial charge in [-0.25, -0.2) is 0 Å². The van der Waals surface area contributed by atoms with Crippen molar-refractivity contribution in [2.45, 2.75) is 33.1 Å². The quantitative estimate of drug-likeness (QED) is 0.553. The Morgan fingerprint density at radius 3 is 2.36 bits per heavy atom. The Morgan fingerprint density at radius 1 is 1.18 bits per heavy atom. The van der Waals surface area contributed by atoms with E-state index in [1.54, 1.807) is 12.2 Å². The molecule has 0 fully saturated rings. The van der Waals surface area contributed by atoms with Gasteiger partial charge in [-0.05, 0) is 25.0 Å². The third-order valence-electron chi connectivity index (χ3n) is 1.26. The molecule has 0 amide bonds. The minimum absolute atomic E-state index is 0.0975. The maximum atomic E-state index is 10.9. The Hall–Kier alpha value is -0.850. The number of hydrogen-bond donors (Lipinski definition) is 0. The van der Waals surface area contributed by atoms with Crippen LogP contribution in [0, 0.1) is 0 Å². The molecular formula is C10H16O. The van der Waals surface area contributed by atoms with E-state index in [0.717, 1.165) is 19.3 Å². The molecule has 0 aliphatic heterocycles. The molecule has 0 saturated carbocycles. The zero-order valence-corrected chi connectivity index (χ0v) is 7.34. The van der Waals surface area contributed by atoms with Crippen molar-refractivity contribution in [1.29, 1.82) is 0 Å². The molecule has 0 unspecified atom stereocenters. The van der Waals surface area contributed by atoms with Gasteiger partial charge in [-0.3, -0.25) is 4.79 Å². The molecule has 0 aliphatic carbocycles. The summed E-state index contributed by atoms with van der Waals surface area (Å²) in [7, 11) is 0. The fourth-order valence-corrected chi connectivity index (χ4v) is 0.656.